The fourth-order valence-electron chi connectivity index (χ4n) is 2.14. The van der Waals surface area contributed by atoms with Gasteiger partial charge in [0, 0.05) is 11.3 Å². The summed E-state index contributed by atoms with van der Waals surface area (Å²) in [5.41, 5.74) is 1.55. The third kappa shape index (κ3) is 3.31. The van der Waals surface area contributed by atoms with Gasteiger partial charge < -0.3 is 9.73 Å². The van der Waals surface area contributed by atoms with Crippen molar-refractivity contribution in [1.82, 2.24) is 10.3 Å². The zero-order chi connectivity index (χ0) is 14.7. The first kappa shape index (κ1) is 13.8. The summed E-state index contributed by atoms with van der Waals surface area (Å²) in [4.78, 5) is 17.6. The van der Waals surface area contributed by atoms with Gasteiger partial charge in [-0.15, -0.1) is 11.3 Å². The highest BCUT2D eigenvalue weighted by Gasteiger charge is 2.15. The molecule has 2 aromatic heterocycles. The largest absolute Gasteiger partial charge is 0.438 e. The molecule has 1 unspecified atom stereocenters. The van der Waals surface area contributed by atoms with E-state index in [-0.39, 0.29) is 11.9 Å². The Bertz CT molecular complexity index is 701. The van der Waals surface area contributed by atoms with Crippen molar-refractivity contribution in [3.63, 3.8) is 0 Å². The summed E-state index contributed by atoms with van der Waals surface area (Å²) in [7, 11) is 0. The van der Waals surface area contributed by atoms with Crippen LogP contribution in [-0.4, -0.2) is 10.9 Å². The second-order valence-electron chi connectivity index (χ2n) is 4.89. The van der Waals surface area contributed by atoms with Gasteiger partial charge in [-0.1, -0.05) is 18.2 Å². The van der Waals surface area contributed by atoms with Crippen LogP contribution >= 0.6 is 11.3 Å². The summed E-state index contributed by atoms with van der Waals surface area (Å²) in [6, 6.07) is 11.4. The fraction of sp³-hybridized carbons (Fsp3) is 0.250. The van der Waals surface area contributed by atoms with E-state index in [2.05, 4.69) is 10.3 Å². The molecule has 0 bridgehead atoms. The fourth-order valence-corrected chi connectivity index (χ4v) is 2.85. The van der Waals surface area contributed by atoms with E-state index < -0.39 is 0 Å². The van der Waals surface area contributed by atoms with Crippen molar-refractivity contribution in [1.29, 1.82) is 0 Å². The molecule has 2 heterocycles. The number of rotatable bonds is 5. The average Bonchev–Trinajstić information content (AvgIpc) is 3.14. The van der Waals surface area contributed by atoms with Crippen LogP contribution in [0.1, 0.15) is 30.2 Å². The summed E-state index contributed by atoms with van der Waals surface area (Å²) < 4.78 is 5.66. The number of hydrogen-bond acceptors (Lipinski definition) is 4. The highest BCUT2D eigenvalue weighted by molar-refractivity contribution is 7.09. The maximum atomic E-state index is 12.0. The number of nitrogens with zero attached hydrogens (tertiary/aromatic N) is 1. The van der Waals surface area contributed by atoms with Gasteiger partial charge in [0.15, 0.2) is 5.58 Å². The second-order valence-corrected chi connectivity index (χ2v) is 5.92. The summed E-state index contributed by atoms with van der Waals surface area (Å²) in [5.74, 6) is 0.554. The molecule has 0 spiro atoms. The van der Waals surface area contributed by atoms with Gasteiger partial charge in [-0.3, -0.25) is 4.79 Å². The Balaban J connectivity index is 1.60. The smallest absolute Gasteiger partial charge is 0.220 e. The van der Waals surface area contributed by atoms with Gasteiger partial charge in [-0.25, -0.2) is 4.98 Å². The molecule has 0 radical (unpaired) electrons. The summed E-state index contributed by atoms with van der Waals surface area (Å²) >= 11 is 1.67. The van der Waals surface area contributed by atoms with Gasteiger partial charge in [0.25, 0.3) is 0 Å². The molecular formula is C16H16N2O2S. The summed E-state index contributed by atoms with van der Waals surface area (Å²) in [6.07, 6.45) is 1.24. The first-order chi connectivity index (χ1) is 10.2. The second kappa shape index (κ2) is 6.10. The lowest BCUT2D eigenvalue weighted by Gasteiger charge is -2.09. The first-order valence-electron chi connectivity index (χ1n) is 6.89. The quantitative estimate of drug-likeness (QED) is 0.781. The maximum Gasteiger partial charge on any atom is 0.220 e. The predicted molar refractivity (Wildman–Crippen MR) is 83.2 cm³/mol. The van der Waals surface area contributed by atoms with Crippen molar-refractivity contribution in [2.24, 2.45) is 0 Å². The van der Waals surface area contributed by atoms with Crippen molar-refractivity contribution in [2.45, 2.75) is 25.8 Å². The van der Waals surface area contributed by atoms with Crippen molar-refractivity contribution in [3.05, 3.63) is 52.5 Å². The Morgan fingerprint density at radius 3 is 2.95 bits per heavy atom. The van der Waals surface area contributed by atoms with E-state index in [0.717, 1.165) is 17.5 Å². The van der Waals surface area contributed by atoms with E-state index in [4.69, 9.17) is 4.42 Å². The number of nitrogens with one attached hydrogen (secondary N) is 1. The molecule has 0 fully saturated rings. The molecule has 3 aromatic rings. The van der Waals surface area contributed by atoms with E-state index >= 15 is 0 Å². The number of aromatic nitrogens is 1. The minimum Gasteiger partial charge on any atom is -0.438 e. The third-order valence-electron chi connectivity index (χ3n) is 3.24. The van der Waals surface area contributed by atoms with Gasteiger partial charge in [-0.05, 0) is 36.9 Å². The minimum atomic E-state index is -0.228. The van der Waals surface area contributed by atoms with Crippen LogP contribution in [0.3, 0.4) is 0 Å². The van der Waals surface area contributed by atoms with Gasteiger partial charge in [0.05, 0.1) is 0 Å². The number of hydrogen-bond donors (Lipinski definition) is 1. The number of carbonyl (C=O) groups is 1. The molecule has 0 saturated carbocycles. The lowest BCUT2D eigenvalue weighted by atomic mass is 10.2. The SMILES string of the molecule is CC(NC(=O)CCc1cccs1)c1nc2ccccc2o1. The molecule has 1 atom stereocenters. The van der Waals surface area contributed by atoms with Gasteiger partial charge >= 0.3 is 0 Å². The Morgan fingerprint density at radius 1 is 1.33 bits per heavy atom. The van der Waals surface area contributed by atoms with Crippen LogP contribution in [0.2, 0.25) is 0 Å². The molecule has 21 heavy (non-hydrogen) atoms. The first-order valence-corrected chi connectivity index (χ1v) is 7.77. The number of amides is 1. The highest BCUT2D eigenvalue weighted by atomic mass is 32.1. The van der Waals surface area contributed by atoms with Crippen molar-refractivity contribution in [3.8, 4) is 0 Å². The van der Waals surface area contributed by atoms with Crippen LogP contribution in [0.4, 0.5) is 0 Å². The molecule has 3 rings (SSSR count). The molecule has 0 aliphatic heterocycles. The molecule has 108 valence electrons. The van der Waals surface area contributed by atoms with Gasteiger partial charge in [-0.2, -0.15) is 0 Å². The molecule has 4 nitrogen and oxygen atoms in total. The van der Waals surface area contributed by atoms with E-state index in [1.54, 1.807) is 11.3 Å². The van der Waals surface area contributed by atoms with E-state index in [1.165, 1.54) is 4.88 Å². The van der Waals surface area contributed by atoms with Crippen LogP contribution in [-0.2, 0) is 11.2 Å². The van der Waals surface area contributed by atoms with Crippen LogP contribution in [0, 0.1) is 0 Å². The zero-order valence-corrected chi connectivity index (χ0v) is 12.5. The van der Waals surface area contributed by atoms with Crippen LogP contribution < -0.4 is 5.32 Å². The van der Waals surface area contributed by atoms with E-state index in [0.29, 0.717) is 12.3 Å². The van der Waals surface area contributed by atoms with Gasteiger partial charge in [0.2, 0.25) is 11.8 Å². The monoisotopic (exact) mass is 300 g/mol. The summed E-state index contributed by atoms with van der Waals surface area (Å²) in [5, 5.41) is 4.95. The zero-order valence-electron chi connectivity index (χ0n) is 11.7. The number of fused-ring (bicyclic) bond motifs is 1. The van der Waals surface area contributed by atoms with Crippen molar-refractivity contribution >= 4 is 28.3 Å². The molecule has 1 amide bonds. The topological polar surface area (TPSA) is 55.1 Å². The van der Waals surface area contributed by atoms with Crippen LogP contribution in [0.15, 0.2) is 46.2 Å². The highest BCUT2D eigenvalue weighted by Crippen LogP contribution is 2.19. The number of oxazole rings is 1. The molecular weight excluding hydrogens is 284 g/mol. The average molecular weight is 300 g/mol. The molecule has 0 aliphatic rings. The van der Waals surface area contributed by atoms with Crippen LogP contribution in [0.5, 0.6) is 0 Å². The summed E-state index contributed by atoms with van der Waals surface area (Å²) in [6.45, 7) is 1.88. The van der Waals surface area contributed by atoms with Gasteiger partial charge in [0.1, 0.15) is 11.6 Å². The van der Waals surface area contributed by atoms with Crippen molar-refractivity contribution in [2.75, 3.05) is 0 Å². The minimum absolute atomic E-state index is 0.0122. The number of para-hydroxylation sites is 2. The standard InChI is InChI=1S/C16H16N2O2S/c1-11(16-18-13-6-2-3-7-14(13)20-16)17-15(19)9-8-12-5-4-10-21-12/h2-7,10-11H,8-9H2,1H3,(H,17,19). The molecule has 1 aromatic carbocycles. The number of carbonyl (C=O) groups excluding carboxylic acids is 1. The predicted octanol–water partition coefficient (Wildman–Crippen LogP) is 3.70. The lowest BCUT2D eigenvalue weighted by molar-refractivity contribution is -0.121. The molecule has 1 N–H and O–H groups in total. The maximum absolute atomic E-state index is 12.0. The molecule has 0 saturated heterocycles. The molecule has 0 aliphatic carbocycles. The Kier molecular flexibility index (Phi) is 4.01. The van der Waals surface area contributed by atoms with Crippen molar-refractivity contribution < 1.29 is 9.21 Å². The lowest BCUT2D eigenvalue weighted by Crippen LogP contribution is -2.26. The Hall–Kier alpha value is -2.14. The van der Waals surface area contributed by atoms with Crippen LogP contribution in [0.25, 0.3) is 11.1 Å². The van der Waals surface area contributed by atoms with E-state index in [9.17, 15) is 4.79 Å². The Labute approximate surface area is 126 Å². The number of thiophene rings is 1. The molecule has 5 heteroatoms. The normalized spacial score (nSPS) is 12.4. The Morgan fingerprint density at radius 2 is 2.19 bits per heavy atom. The number of benzene rings is 1. The number of aryl methyl sites for hydroxylation is 1. The third-order valence-corrected chi connectivity index (χ3v) is 4.17. The van der Waals surface area contributed by atoms with E-state index in [1.807, 2.05) is 48.7 Å².